The number of methoxy groups -OCH3 is 2. The molecule has 30 heavy (non-hydrogen) atoms. The zero-order chi connectivity index (χ0) is 21.9. The van der Waals surface area contributed by atoms with Crippen molar-refractivity contribution in [2.45, 2.75) is 19.3 Å². The van der Waals surface area contributed by atoms with Crippen LogP contribution in [0.2, 0.25) is 0 Å². The third-order valence-corrected chi connectivity index (χ3v) is 3.96. The van der Waals surface area contributed by atoms with Crippen LogP contribution in [0.15, 0.2) is 42.5 Å². The molecule has 0 heterocycles. The summed E-state index contributed by atoms with van der Waals surface area (Å²) in [5.41, 5.74) is 0.851. The van der Waals surface area contributed by atoms with Crippen LogP contribution < -0.4 is 20.1 Å². The second-order valence-electron chi connectivity index (χ2n) is 6.18. The lowest BCUT2D eigenvalue weighted by Gasteiger charge is -2.12. The lowest BCUT2D eigenvalue weighted by molar-refractivity contribution is -0.147. The van der Waals surface area contributed by atoms with Crippen LogP contribution >= 0.6 is 0 Å². The molecule has 2 amide bonds. The van der Waals surface area contributed by atoms with Gasteiger partial charge in [-0.25, -0.2) is 4.39 Å². The van der Waals surface area contributed by atoms with E-state index in [-0.39, 0.29) is 25.2 Å². The summed E-state index contributed by atoms with van der Waals surface area (Å²) in [6.07, 6.45) is 0.309. The van der Waals surface area contributed by atoms with Crippen LogP contribution in [0.4, 0.5) is 15.8 Å². The number of benzene rings is 2. The summed E-state index contributed by atoms with van der Waals surface area (Å²) in [4.78, 5) is 35.6. The Labute approximate surface area is 173 Å². The number of carbonyl (C=O) groups is 3. The van der Waals surface area contributed by atoms with Gasteiger partial charge < -0.3 is 24.8 Å². The SMILES string of the molecule is COc1ccc(OC)c(NC(=O)COC(=O)CCCC(=O)Nc2ccc(F)cc2)c1. The fraction of sp³-hybridized carbons (Fsp3) is 0.286. The van der Waals surface area contributed by atoms with Crippen molar-refractivity contribution in [2.75, 3.05) is 31.5 Å². The second kappa shape index (κ2) is 11.4. The van der Waals surface area contributed by atoms with Gasteiger partial charge >= 0.3 is 5.97 Å². The Morgan fingerprint density at radius 1 is 0.900 bits per heavy atom. The molecule has 2 rings (SSSR count). The van der Waals surface area contributed by atoms with Gasteiger partial charge in [0, 0.05) is 24.6 Å². The number of halogens is 1. The van der Waals surface area contributed by atoms with E-state index in [1.54, 1.807) is 18.2 Å². The fourth-order valence-electron chi connectivity index (χ4n) is 2.47. The van der Waals surface area contributed by atoms with Crippen molar-refractivity contribution in [1.82, 2.24) is 0 Å². The predicted molar refractivity (Wildman–Crippen MR) is 108 cm³/mol. The number of anilines is 2. The second-order valence-corrected chi connectivity index (χ2v) is 6.18. The van der Waals surface area contributed by atoms with Gasteiger partial charge in [0.05, 0.1) is 19.9 Å². The molecule has 9 heteroatoms. The third kappa shape index (κ3) is 7.42. The van der Waals surface area contributed by atoms with Gasteiger partial charge in [-0.15, -0.1) is 0 Å². The van der Waals surface area contributed by atoms with Crippen molar-refractivity contribution in [2.24, 2.45) is 0 Å². The van der Waals surface area contributed by atoms with Gasteiger partial charge in [-0.2, -0.15) is 0 Å². The molecule has 8 nitrogen and oxygen atoms in total. The molecule has 0 atom stereocenters. The summed E-state index contributed by atoms with van der Waals surface area (Å²) in [7, 11) is 2.96. The highest BCUT2D eigenvalue weighted by Crippen LogP contribution is 2.28. The van der Waals surface area contributed by atoms with Crippen molar-refractivity contribution in [3.05, 3.63) is 48.3 Å². The van der Waals surface area contributed by atoms with Crippen molar-refractivity contribution in [3.63, 3.8) is 0 Å². The van der Waals surface area contributed by atoms with E-state index in [0.29, 0.717) is 22.9 Å². The van der Waals surface area contributed by atoms with Gasteiger partial charge in [0.1, 0.15) is 17.3 Å². The number of rotatable bonds is 10. The van der Waals surface area contributed by atoms with Crippen LogP contribution in [0, 0.1) is 5.82 Å². The van der Waals surface area contributed by atoms with Gasteiger partial charge in [0.25, 0.3) is 5.91 Å². The van der Waals surface area contributed by atoms with Gasteiger partial charge in [-0.05, 0) is 42.8 Å². The molecule has 0 saturated carbocycles. The van der Waals surface area contributed by atoms with E-state index >= 15 is 0 Å². The van der Waals surface area contributed by atoms with E-state index in [9.17, 15) is 18.8 Å². The van der Waals surface area contributed by atoms with E-state index in [1.807, 2.05) is 0 Å². The number of hydrogen-bond acceptors (Lipinski definition) is 6. The average molecular weight is 418 g/mol. The van der Waals surface area contributed by atoms with Gasteiger partial charge in [-0.3, -0.25) is 14.4 Å². The maximum Gasteiger partial charge on any atom is 0.306 e. The quantitative estimate of drug-likeness (QED) is 0.575. The monoisotopic (exact) mass is 418 g/mol. The Morgan fingerprint density at radius 3 is 2.30 bits per heavy atom. The summed E-state index contributed by atoms with van der Waals surface area (Å²) in [5, 5.41) is 5.18. The average Bonchev–Trinajstić information content (AvgIpc) is 2.74. The lowest BCUT2D eigenvalue weighted by atomic mass is 10.2. The molecule has 0 spiro atoms. The third-order valence-electron chi connectivity index (χ3n) is 3.96. The molecule has 0 aromatic heterocycles. The van der Waals surface area contributed by atoms with E-state index in [1.165, 1.54) is 38.5 Å². The first-order chi connectivity index (χ1) is 14.4. The summed E-state index contributed by atoms with van der Waals surface area (Å²) in [6, 6.07) is 10.3. The largest absolute Gasteiger partial charge is 0.497 e. The minimum atomic E-state index is -0.600. The van der Waals surface area contributed by atoms with Gasteiger partial charge in [-0.1, -0.05) is 0 Å². The van der Waals surface area contributed by atoms with Crippen LogP contribution in [0.3, 0.4) is 0 Å². The Morgan fingerprint density at radius 2 is 1.63 bits per heavy atom. The fourth-order valence-corrected chi connectivity index (χ4v) is 2.47. The number of carbonyl (C=O) groups excluding carboxylic acids is 3. The lowest BCUT2D eigenvalue weighted by Crippen LogP contribution is -2.21. The maximum atomic E-state index is 12.8. The highest BCUT2D eigenvalue weighted by atomic mass is 19.1. The van der Waals surface area contributed by atoms with Crippen LogP contribution in [-0.4, -0.2) is 38.6 Å². The Kier molecular flexibility index (Phi) is 8.61. The summed E-state index contributed by atoms with van der Waals surface area (Å²) >= 11 is 0. The molecule has 0 aliphatic rings. The van der Waals surface area contributed by atoms with Gasteiger partial charge in [0.2, 0.25) is 5.91 Å². The number of esters is 1. The number of hydrogen-bond donors (Lipinski definition) is 2. The number of amides is 2. The van der Waals surface area contributed by atoms with Crippen molar-refractivity contribution >= 4 is 29.2 Å². The molecule has 2 aromatic carbocycles. The minimum absolute atomic E-state index is 0.0212. The summed E-state index contributed by atoms with van der Waals surface area (Å²) in [5.74, 6) is -0.882. The smallest absolute Gasteiger partial charge is 0.306 e. The highest BCUT2D eigenvalue weighted by Gasteiger charge is 2.12. The Hall–Kier alpha value is -3.62. The molecule has 0 unspecified atom stereocenters. The molecule has 2 N–H and O–H groups in total. The van der Waals surface area contributed by atoms with E-state index in [4.69, 9.17) is 14.2 Å². The van der Waals surface area contributed by atoms with Crippen molar-refractivity contribution in [3.8, 4) is 11.5 Å². The Bertz CT molecular complexity index is 886. The molecule has 0 aliphatic carbocycles. The number of ether oxygens (including phenoxy) is 3. The maximum absolute atomic E-state index is 12.8. The molecule has 160 valence electrons. The van der Waals surface area contributed by atoms with Crippen molar-refractivity contribution in [1.29, 1.82) is 0 Å². The first-order valence-electron chi connectivity index (χ1n) is 9.14. The molecule has 2 aromatic rings. The zero-order valence-corrected chi connectivity index (χ0v) is 16.7. The Balaban J connectivity index is 1.69. The molecule has 0 saturated heterocycles. The summed E-state index contributed by atoms with van der Waals surface area (Å²) in [6.45, 7) is -0.471. The highest BCUT2D eigenvalue weighted by molar-refractivity contribution is 5.94. The van der Waals surface area contributed by atoms with Crippen LogP contribution in [0.5, 0.6) is 11.5 Å². The molecule has 0 fully saturated rings. The van der Waals surface area contributed by atoms with Crippen molar-refractivity contribution < 1.29 is 33.0 Å². The van der Waals surface area contributed by atoms with E-state index < -0.39 is 24.3 Å². The molecule has 0 radical (unpaired) electrons. The van der Waals surface area contributed by atoms with E-state index in [0.717, 1.165) is 0 Å². The predicted octanol–water partition coefficient (Wildman–Crippen LogP) is 3.13. The minimum Gasteiger partial charge on any atom is -0.497 e. The summed E-state index contributed by atoms with van der Waals surface area (Å²) < 4.78 is 28.0. The van der Waals surface area contributed by atoms with Crippen LogP contribution in [0.1, 0.15) is 19.3 Å². The molecular formula is C21H23FN2O6. The van der Waals surface area contributed by atoms with Crippen LogP contribution in [-0.2, 0) is 19.1 Å². The van der Waals surface area contributed by atoms with Crippen LogP contribution in [0.25, 0.3) is 0 Å². The molecule has 0 bridgehead atoms. The van der Waals surface area contributed by atoms with E-state index in [2.05, 4.69) is 10.6 Å². The number of nitrogens with one attached hydrogen (secondary N) is 2. The normalized spacial score (nSPS) is 10.1. The first-order valence-corrected chi connectivity index (χ1v) is 9.14. The molecular weight excluding hydrogens is 395 g/mol. The zero-order valence-electron chi connectivity index (χ0n) is 16.7. The topological polar surface area (TPSA) is 103 Å². The standard InChI is InChI=1S/C21H23FN2O6/c1-28-16-10-11-18(29-2)17(12-16)24-20(26)13-30-21(27)5-3-4-19(25)23-15-8-6-14(22)7-9-15/h6-12H,3-5,13H2,1-2H3,(H,23,25)(H,24,26). The molecule has 0 aliphatic heterocycles. The first kappa shape index (κ1) is 22.7. The van der Waals surface area contributed by atoms with Gasteiger partial charge in [0.15, 0.2) is 6.61 Å².